The molecule has 7 nitrogen and oxygen atoms in total. The van der Waals surface area contributed by atoms with Gasteiger partial charge in [-0.15, -0.1) is 0 Å². The molecule has 1 N–H and O–H groups in total. The molecule has 0 unspecified atom stereocenters. The Morgan fingerprint density at radius 1 is 1.15 bits per heavy atom. The van der Waals surface area contributed by atoms with Gasteiger partial charge in [-0.05, 0) is 38.1 Å². The molecule has 2 aromatic rings. The van der Waals surface area contributed by atoms with Crippen LogP contribution in [-0.4, -0.2) is 48.7 Å². The lowest BCUT2D eigenvalue weighted by Gasteiger charge is -2.35. The monoisotopic (exact) mass is 372 g/mol. The molecule has 1 aromatic carbocycles. The number of carbonyl (C=O) groups is 2. The molecular weight excluding hydrogens is 348 g/mol. The molecule has 0 spiro atoms. The highest BCUT2D eigenvalue weighted by molar-refractivity contribution is 5.96. The van der Waals surface area contributed by atoms with Crippen molar-refractivity contribution >= 4 is 17.6 Å². The first-order valence-electron chi connectivity index (χ1n) is 8.98. The van der Waals surface area contributed by atoms with E-state index in [1.165, 1.54) is 0 Å². The maximum Gasteiger partial charge on any atom is 0.340 e. The van der Waals surface area contributed by atoms with Gasteiger partial charge in [-0.25, -0.2) is 4.79 Å². The first kappa shape index (κ1) is 19.0. The van der Waals surface area contributed by atoms with Gasteiger partial charge in [-0.2, -0.15) is 0 Å². The molecule has 1 aromatic heterocycles. The predicted molar refractivity (Wildman–Crippen MR) is 99.3 cm³/mol. The molecule has 0 bridgehead atoms. The molecular formula is C20H24N2O5. The van der Waals surface area contributed by atoms with Crippen LogP contribution < -0.4 is 5.32 Å². The SMILES string of the molecule is C[C@@H]1CN(C(=O)COC(=O)c2ccccc2NCc2ccco2)C[C@H](C)O1. The number of rotatable bonds is 6. The van der Waals surface area contributed by atoms with Crippen molar-refractivity contribution in [2.45, 2.75) is 32.6 Å². The number of ether oxygens (including phenoxy) is 2. The predicted octanol–water partition coefficient (Wildman–Crippen LogP) is 2.68. The van der Waals surface area contributed by atoms with Crippen molar-refractivity contribution in [3.8, 4) is 0 Å². The van der Waals surface area contributed by atoms with E-state index in [9.17, 15) is 9.59 Å². The van der Waals surface area contributed by atoms with Crippen LogP contribution in [0.15, 0.2) is 47.1 Å². The molecule has 1 fully saturated rings. The van der Waals surface area contributed by atoms with Gasteiger partial charge in [0.25, 0.3) is 5.91 Å². The molecule has 3 rings (SSSR count). The Morgan fingerprint density at radius 3 is 2.59 bits per heavy atom. The fraction of sp³-hybridized carbons (Fsp3) is 0.400. The van der Waals surface area contributed by atoms with Crippen molar-refractivity contribution in [2.75, 3.05) is 25.0 Å². The van der Waals surface area contributed by atoms with Gasteiger partial charge >= 0.3 is 5.97 Å². The van der Waals surface area contributed by atoms with Crippen LogP contribution in [0, 0.1) is 0 Å². The molecule has 1 aliphatic rings. The number of morpholine rings is 1. The smallest absolute Gasteiger partial charge is 0.340 e. The van der Waals surface area contributed by atoms with Gasteiger partial charge in [0.2, 0.25) is 0 Å². The van der Waals surface area contributed by atoms with Gasteiger partial charge in [0.15, 0.2) is 6.61 Å². The van der Waals surface area contributed by atoms with Gasteiger partial charge in [-0.3, -0.25) is 4.79 Å². The normalized spacial score (nSPS) is 19.6. The van der Waals surface area contributed by atoms with Crippen molar-refractivity contribution in [2.24, 2.45) is 0 Å². The molecule has 2 atom stereocenters. The van der Waals surface area contributed by atoms with Crippen molar-refractivity contribution < 1.29 is 23.5 Å². The molecule has 1 amide bonds. The Balaban J connectivity index is 1.57. The van der Waals surface area contributed by atoms with Gasteiger partial charge in [0.1, 0.15) is 5.76 Å². The largest absolute Gasteiger partial charge is 0.467 e. The van der Waals surface area contributed by atoms with E-state index in [0.29, 0.717) is 30.9 Å². The zero-order chi connectivity index (χ0) is 19.2. The number of hydrogen-bond donors (Lipinski definition) is 1. The standard InChI is InChI=1S/C20H24N2O5/c1-14-11-22(12-15(2)27-14)19(23)13-26-20(24)17-7-3-4-8-18(17)21-10-16-6-5-9-25-16/h3-9,14-15,21H,10-13H2,1-2H3/t14-,15+. The van der Waals surface area contributed by atoms with Gasteiger partial charge in [0.05, 0.1) is 30.6 Å². The summed E-state index contributed by atoms with van der Waals surface area (Å²) in [6, 6.07) is 10.7. The quantitative estimate of drug-likeness (QED) is 0.785. The number of hydrogen-bond acceptors (Lipinski definition) is 6. The van der Waals surface area contributed by atoms with Crippen LogP contribution in [0.1, 0.15) is 30.0 Å². The number of amides is 1. The minimum Gasteiger partial charge on any atom is -0.467 e. The summed E-state index contributed by atoms with van der Waals surface area (Å²) in [4.78, 5) is 26.5. The Hall–Kier alpha value is -2.80. The minimum atomic E-state index is -0.541. The summed E-state index contributed by atoms with van der Waals surface area (Å²) in [5, 5.41) is 3.15. The third kappa shape index (κ3) is 5.10. The molecule has 7 heteroatoms. The fourth-order valence-electron chi connectivity index (χ4n) is 3.09. The van der Waals surface area contributed by atoms with Gasteiger partial charge in [-0.1, -0.05) is 12.1 Å². The van der Waals surface area contributed by atoms with Crippen LogP contribution in [0.2, 0.25) is 0 Å². The first-order valence-corrected chi connectivity index (χ1v) is 8.98. The number of nitrogens with one attached hydrogen (secondary N) is 1. The Bertz CT molecular complexity index is 764. The lowest BCUT2D eigenvalue weighted by atomic mass is 10.2. The lowest BCUT2D eigenvalue weighted by Crippen LogP contribution is -2.49. The number of anilines is 1. The lowest BCUT2D eigenvalue weighted by molar-refractivity contribution is -0.146. The third-order valence-electron chi connectivity index (χ3n) is 4.28. The van der Waals surface area contributed by atoms with Crippen LogP contribution >= 0.6 is 0 Å². The maximum atomic E-state index is 12.5. The number of benzene rings is 1. The zero-order valence-electron chi connectivity index (χ0n) is 15.5. The highest BCUT2D eigenvalue weighted by atomic mass is 16.5. The van der Waals surface area contributed by atoms with Gasteiger partial charge in [0, 0.05) is 18.8 Å². The van der Waals surface area contributed by atoms with Crippen LogP contribution in [0.4, 0.5) is 5.69 Å². The number of esters is 1. The third-order valence-corrected chi connectivity index (χ3v) is 4.28. The van der Waals surface area contributed by atoms with Crippen LogP contribution in [-0.2, 0) is 20.8 Å². The van der Waals surface area contributed by atoms with Crippen LogP contribution in [0.25, 0.3) is 0 Å². The zero-order valence-corrected chi connectivity index (χ0v) is 15.5. The van der Waals surface area contributed by atoms with E-state index in [2.05, 4.69) is 5.32 Å². The van der Waals surface area contributed by atoms with E-state index in [-0.39, 0.29) is 24.7 Å². The fourth-order valence-corrected chi connectivity index (χ4v) is 3.09. The highest BCUT2D eigenvalue weighted by Gasteiger charge is 2.26. The summed E-state index contributed by atoms with van der Waals surface area (Å²) in [5.74, 6) is -0.00414. The first-order chi connectivity index (χ1) is 13.0. The van der Waals surface area contributed by atoms with Crippen molar-refractivity contribution in [3.63, 3.8) is 0 Å². The number of carbonyl (C=O) groups excluding carboxylic acids is 2. The average molecular weight is 372 g/mol. The summed E-state index contributed by atoms with van der Waals surface area (Å²) in [5.41, 5.74) is 1.00. The summed E-state index contributed by atoms with van der Waals surface area (Å²) in [7, 11) is 0. The van der Waals surface area contributed by atoms with E-state index in [0.717, 1.165) is 5.76 Å². The number of furan rings is 1. The van der Waals surface area contributed by atoms with E-state index < -0.39 is 5.97 Å². The molecule has 1 saturated heterocycles. The molecule has 2 heterocycles. The summed E-state index contributed by atoms with van der Waals surface area (Å²) in [6.07, 6.45) is 1.54. The second kappa shape index (κ2) is 8.73. The maximum absolute atomic E-state index is 12.5. The second-order valence-electron chi connectivity index (χ2n) is 6.61. The van der Waals surface area contributed by atoms with E-state index in [4.69, 9.17) is 13.9 Å². The van der Waals surface area contributed by atoms with Crippen LogP contribution in [0.3, 0.4) is 0 Å². The molecule has 0 aliphatic carbocycles. The Kier molecular flexibility index (Phi) is 6.13. The summed E-state index contributed by atoms with van der Waals surface area (Å²) < 4.78 is 16.2. The Labute approximate surface area is 158 Å². The van der Waals surface area contributed by atoms with E-state index in [1.807, 2.05) is 26.0 Å². The highest BCUT2D eigenvalue weighted by Crippen LogP contribution is 2.18. The van der Waals surface area contributed by atoms with Crippen LogP contribution in [0.5, 0.6) is 0 Å². The topological polar surface area (TPSA) is 81.0 Å². The van der Waals surface area contributed by atoms with Crippen molar-refractivity contribution in [1.29, 1.82) is 0 Å². The summed E-state index contributed by atoms with van der Waals surface area (Å²) >= 11 is 0. The molecule has 27 heavy (non-hydrogen) atoms. The molecule has 144 valence electrons. The number of para-hydroxylation sites is 1. The Morgan fingerprint density at radius 2 is 1.89 bits per heavy atom. The van der Waals surface area contributed by atoms with Crippen molar-refractivity contribution in [3.05, 3.63) is 54.0 Å². The average Bonchev–Trinajstić information content (AvgIpc) is 3.17. The molecule has 0 saturated carbocycles. The minimum absolute atomic E-state index is 0.0278. The van der Waals surface area contributed by atoms with E-state index >= 15 is 0 Å². The second-order valence-corrected chi connectivity index (χ2v) is 6.61. The molecule has 0 radical (unpaired) electrons. The van der Waals surface area contributed by atoms with Crippen molar-refractivity contribution in [1.82, 2.24) is 4.90 Å². The number of nitrogens with zero attached hydrogens (tertiary/aromatic N) is 1. The summed E-state index contributed by atoms with van der Waals surface area (Å²) in [6.45, 7) is 5.00. The van der Waals surface area contributed by atoms with E-state index in [1.54, 1.807) is 35.4 Å². The molecule has 1 aliphatic heterocycles. The van der Waals surface area contributed by atoms with Gasteiger partial charge < -0.3 is 24.1 Å².